The van der Waals surface area contributed by atoms with Gasteiger partial charge in [0.1, 0.15) is 0 Å². The lowest BCUT2D eigenvalue weighted by molar-refractivity contribution is -0.115. The van der Waals surface area contributed by atoms with E-state index in [2.05, 4.69) is 0 Å². The molecule has 18 heavy (non-hydrogen) atoms. The molecule has 0 radical (unpaired) electrons. The molecule has 1 nitrogen and oxygen atoms in total. The maximum absolute atomic E-state index is 11.8. The molecule has 2 heteroatoms. The lowest BCUT2D eigenvalue weighted by Crippen LogP contribution is -2.10. The molecule has 0 heterocycles. The molecular formula is C16H19ClO. The summed E-state index contributed by atoms with van der Waals surface area (Å²) in [5.74, 6) is 0.845. The predicted octanol–water partition coefficient (Wildman–Crippen LogP) is 4.89. The van der Waals surface area contributed by atoms with E-state index >= 15 is 0 Å². The zero-order chi connectivity index (χ0) is 12.8. The van der Waals surface area contributed by atoms with Crippen LogP contribution in [0.2, 0.25) is 5.02 Å². The minimum Gasteiger partial charge on any atom is -0.295 e. The third-order valence-corrected chi connectivity index (χ3v) is 3.76. The minimum absolute atomic E-state index is 0.238. The van der Waals surface area contributed by atoms with E-state index in [0.717, 1.165) is 5.56 Å². The Balaban J connectivity index is 1.86. The molecule has 0 atom stereocenters. The van der Waals surface area contributed by atoms with E-state index in [-0.39, 0.29) is 5.78 Å². The van der Waals surface area contributed by atoms with Crippen molar-refractivity contribution in [3.63, 3.8) is 0 Å². The van der Waals surface area contributed by atoms with Gasteiger partial charge in [-0.1, -0.05) is 61.9 Å². The predicted molar refractivity (Wildman–Crippen MR) is 76.7 cm³/mol. The van der Waals surface area contributed by atoms with Gasteiger partial charge < -0.3 is 0 Å². The van der Waals surface area contributed by atoms with Gasteiger partial charge >= 0.3 is 0 Å². The third-order valence-electron chi connectivity index (χ3n) is 3.52. The van der Waals surface area contributed by atoms with Gasteiger partial charge in [-0.25, -0.2) is 0 Å². The maximum atomic E-state index is 11.8. The van der Waals surface area contributed by atoms with Crippen molar-refractivity contribution in [2.45, 2.75) is 38.5 Å². The Hall–Kier alpha value is -1.08. The summed E-state index contributed by atoms with van der Waals surface area (Å²) >= 11 is 5.90. The second kappa shape index (κ2) is 6.75. The van der Waals surface area contributed by atoms with Gasteiger partial charge in [-0.2, -0.15) is 0 Å². The van der Waals surface area contributed by atoms with E-state index in [1.807, 2.05) is 30.3 Å². The summed E-state index contributed by atoms with van der Waals surface area (Å²) < 4.78 is 0. The Labute approximate surface area is 114 Å². The summed E-state index contributed by atoms with van der Waals surface area (Å²) in [6.45, 7) is 0. The Kier molecular flexibility index (Phi) is 5.00. The smallest absolute Gasteiger partial charge is 0.155 e. The largest absolute Gasteiger partial charge is 0.295 e. The van der Waals surface area contributed by atoms with Gasteiger partial charge in [0, 0.05) is 11.4 Å². The molecule has 0 aromatic heterocycles. The molecule has 1 aromatic carbocycles. The number of hydrogen-bond acceptors (Lipinski definition) is 1. The second-order valence-electron chi connectivity index (χ2n) is 5.06. The van der Waals surface area contributed by atoms with Crippen LogP contribution < -0.4 is 0 Å². The van der Waals surface area contributed by atoms with Crippen LogP contribution in [0.1, 0.15) is 44.1 Å². The fraction of sp³-hybridized carbons (Fsp3) is 0.438. The second-order valence-corrected chi connectivity index (χ2v) is 5.50. The van der Waals surface area contributed by atoms with Crippen molar-refractivity contribution >= 4 is 23.5 Å². The molecule has 96 valence electrons. The highest BCUT2D eigenvalue weighted by molar-refractivity contribution is 6.30. The topological polar surface area (TPSA) is 17.1 Å². The van der Waals surface area contributed by atoms with Crippen LogP contribution >= 0.6 is 11.6 Å². The first-order valence-electron chi connectivity index (χ1n) is 6.70. The number of carbonyl (C=O) groups excluding carboxylic acids is 1. The molecule has 0 aliphatic heterocycles. The molecule has 0 unspecified atom stereocenters. The van der Waals surface area contributed by atoms with Gasteiger partial charge in [0.15, 0.2) is 5.78 Å². The summed E-state index contributed by atoms with van der Waals surface area (Å²) in [5, 5.41) is 0.705. The molecule has 2 rings (SSSR count). The fourth-order valence-corrected chi connectivity index (χ4v) is 2.74. The molecule has 1 aliphatic carbocycles. The molecule has 0 spiro atoms. The minimum atomic E-state index is 0.238. The van der Waals surface area contributed by atoms with E-state index < -0.39 is 0 Å². The molecule has 1 saturated carbocycles. The Morgan fingerprint density at radius 1 is 1.28 bits per heavy atom. The summed E-state index contributed by atoms with van der Waals surface area (Å²) in [5.41, 5.74) is 0.986. The number of ketones is 1. The number of hydrogen-bond donors (Lipinski definition) is 0. The number of carbonyl (C=O) groups is 1. The lowest BCUT2D eigenvalue weighted by Gasteiger charge is -2.19. The zero-order valence-electron chi connectivity index (χ0n) is 10.6. The standard InChI is InChI=1S/C16H19ClO/c17-15-8-4-7-14(11-15)9-10-16(18)12-13-5-2-1-3-6-13/h4,7-11,13H,1-3,5-6,12H2/b10-9+. The van der Waals surface area contributed by atoms with Crippen LogP contribution in [0.5, 0.6) is 0 Å². The van der Waals surface area contributed by atoms with Crippen LogP contribution in [0.3, 0.4) is 0 Å². The monoisotopic (exact) mass is 262 g/mol. The molecule has 1 aliphatic rings. The normalized spacial score (nSPS) is 17.2. The van der Waals surface area contributed by atoms with E-state index in [1.54, 1.807) is 6.08 Å². The first-order chi connectivity index (χ1) is 8.74. The number of allylic oxidation sites excluding steroid dienone is 1. The Morgan fingerprint density at radius 3 is 2.78 bits per heavy atom. The molecule has 1 fully saturated rings. The fourth-order valence-electron chi connectivity index (χ4n) is 2.54. The molecule has 0 N–H and O–H groups in total. The van der Waals surface area contributed by atoms with Crippen LogP contribution in [0.4, 0.5) is 0 Å². The zero-order valence-corrected chi connectivity index (χ0v) is 11.3. The summed E-state index contributed by atoms with van der Waals surface area (Å²) in [4.78, 5) is 11.8. The van der Waals surface area contributed by atoms with Gasteiger partial charge in [0.05, 0.1) is 0 Å². The summed E-state index contributed by atoms with van der Waals surface area (Å²) in [7, 11) is 0. The van der Waals surface area contributed by atoms with Gasteiger partial charge in [-0.15, -0.1) is 0 Å². The number of benzene rings is 1. The van der Waals surface area contributed by atoms with Crippen molar-refractivity contribution in [3.8, 4) is 0 Å². The van der Waals surface area contributed by atoms with Crippen LogP contribution in [-0.4, -0.2) is 5.78 Å². The number of rotatable bonds is 4. The average Bonchev–Trinajstić information content (AvgIpc) is 2.38. The van der Waals surface area contributed by atoms with Crippen LogP contribution in [-0.2, 0) is 4.79 Å². The molecule has 0 amide bonds. The molecular weight excluding hydrogens is 244 g/mol. The summed E-state index contributed by atoms with van der Waals surface area (Å²) in [6, 6.07) is 7.55. The lowest BCUT2D eigenvalue weighted by atomic mass is 9.86. The van der Waals surface area contributed by atoms with E-state index in [9.17, 15) is 4.79 Å². The number of halogens is 1. The Bertz CT molecular complexity index is 430. The SMILES string of the molecule is O=C(/C=C/c1cccc(Cl)c1)CC1CCCCC1. The van der Waals surface area contributed by atoms with Crippen LogP contribution in [0, 0.1) is 5.92 Å². The highest BCUT2D eigenvalue weighted by Gasteiger charge is 2.15. The average molecular weight is 263 g/mol. The van der Waals surface area contributed by atoms with Crippen molar-refractivity contribution < 1.29 is 4.79 Å². The molecule has 1 aromatic rings. The first-order valence-corrected chi connectivity index (χ1v) is 7.08. The maximum Gasteiger partial charge on any atom is 0.155 e. The van der Waals surface area contributed by atoms with Crippen LogP contribution in [0.25, 0.3) is 6.08 Å². The van der Waals surface area contributed by atoms with Crippen molar-refractivity contribution in [2.24, 2.45) is 5.92 Å². The highest BCUT2D eigenvalue weighted by Crippen LogP contribution is 2.26. The first kappa shape index (κ1) is 13.4. The van der Waals surface area contributed by atoms with Gasteiger partial charge in [0.2, 0.25) is 0 Å². The van der Waals surface area contributed by atoms with Crippen molar-refractivity contribution in [1.82, 2.24) is 0 Å². The van der Waals surface area contributed by atoms with Gasteiger partial charge in [-0.3, -0.25) is 4.79 Å². The Morgan fingerprint density at radius 2 is 2.06 bits per heavy atom. The van der Waals surface area contributed by atoms with E-state index in [4.69, 9.17) is 11.6 Å². The van der Waals surface area contributed by atoms with E-state index in [0.29, 0.717) is 17.4 Å². The van der Waals surface area contributed by atoms with Crippen molar-refractivity contribution in [1.29, 1.82) is 0 Å². The van der Waals surface area contributed by atoms with Crippen LogP contribution in [0.15, 0.2) is 30.3 Å². The van der Waals surface area contributed by atoms with Gasteiger partial charge in [-0.05, 0) is 29.7 Å². The quantitative estimate of drug-likeness (QED) is 0.706. The highest BCUT2D eigenvalue weighted by atomic mass is 35.5. The molecule has 0 saturated heterocycles. The van der Waals surface area contributed by atoms with Gasteiger partial charge in [0.25, 0.3) is 0 Å². The van der Waals surface area contributed by atoms with Crippen molar-refractivity contribution in [3.05, 3.63) is 40.9 Å². The third kappa shape index (κ3) is 4.30. The molecule has 0 bridgehead atoms. The van der Waals surface area contributed by atoms with E-state index in [1.165, 1.54) is 32.1 Å². The van der Waals surface area contributed by atoms with Crippen molar-refractivity contribution in [2.75, 3.05) is 0 Å². The summed E-state index contributed by atoms with van der Waals surface area (Å²) in [6.07, 6.45) is 10.6.